The van der Waals surface area contributed by atoms with Gasteiger partial charge in [-0.05, 0) is 31.2 Å². The van der Waals surface area contributed by atoms with Gasteiger partial charge in [0.2, 0.25) is 0 Å². The van der Waals surface area contributed by atoms with Crippen molar-refractivity contribution in [1.82, 2.24) is 4.90 Å². The summed E-state index contributed by atoms with van der Waals surface area (Å²) in [5.74, 6) is -0.284. The molecule has 1 aromatic rings. The van der Waals surface area contributed by atoms with Crippen LogP contribution in [0, 0.1) is 0 Å². The van der Waals surface area contributed by atoms with Crippen molar-refractivity contribution in [3.8, 4) is 5.75 Å². The number of benzene rings is 1. The van der Waals surface area contributed by atoms with Crippen molar-refractivity contribution in [1.29, 1.82) is 0 Å². The molecule has 0 radical (unpaired) electrons. The highest BCUT2D eigenvalue weighted by atomic mass is 16.5. The molecule has 0 aromatic heterocycles. The summed E-state index contributed by atoms with van der Waals surface area (Å²) in [5, 5.41) is 9.01. The summed E-state index contributed by atoms with van der Waals surface area (Å²) in [6.07, 6.45) is 0. The number of carbonyl (C=O) groups excluding carboxylic acids is 2. The van der Waals surface area contributed by atoms with Crippen LogP contribution < -0.4 is 10.5 Å². The third-order valence-electron chi connectivity index (χ3n) is 2.73. The molecule has 0 fully saturated rings. The number of amides is 2. The van der Waals surface area contributed by atoms with E-state index in [2.05, 4.69) is 0 Å². The molecule has 19 heavy (non-hydrogen) atoms. The van der Waals surface area contributed by atoms with Gasteiger partial charge in [0, 0.05) is 12.6 Å². The van der Waals surface area contributed by atoms with Gasteiger partial charge < -0.3 is 20.5 Å². The molecule has 1 unspecified atom stereocenters. The standard InChI is InChI=1S/C13H18N2O4/c1-9(7-16)15(2)13(18)10-3-5-11(6-4-10)19-8-12(14)17/h3-6,9,16H,7-8H2,1-2H3,(H2,14,17). The van der Waals surface area contributed by atoms with E-state index in [0.29, 0.717) is 11.3 Å². The molecule has 0 aliphatic heterocycles. The average Bonchev–Trinajstić information content (AvgIpc) is 2.43. The third-order valence-corrected chi connectivity index (χ3v) is 2.73. The van der Waals surface area contributed by atoms with Gasteiger partial charge in [0.15, 0.2) is 6.61 Å². The Kier molecular flexibility index (Phi) is 5.32. The van der Waals surface area contributed by atoms with Crippen molar-refractivity contribution in [3.05, 3.63) is 29.8 Å². The average molecular weight is 266 g/mol. The van der Waals surface area contributed by atoms with Crippen LogP contribution >= 0.6 is 0 Å². The second-order valence-electron chi connectivity index (χ2n) is 4.23. The van der Waals surface area contributed by atoms with Gasteiger partial charge in [0.05, 0.1) is 12.6 Å². The number of primary amides is 1. The zero-order valence-electron chi connectivity index (χ0n) is 11.0. The quantitative estimate of drug-likeness (QED) is 0.758. The summed E-state index contributed by atoms with van der Waals surface area (Å²) < 4.78 is 5.09. The van der Waals surface area contributed by atoms with E-state index in [1.54, 1.807) is 38.2 Å². The van der Waals surface area contributed by atoms with E-state index in [1.807, 2.05) is 0 Å². The molecule has 0 heterocycles. The zero-order chi connectivity index (χ0) is 14.4. The van der Waals surface area contributed by atoms with Crippen molar-refractivity contribution in [2.45, 2.75) is 13.0 Å². The fraction of sp³-hybridized carbons (Fsp3) is 0.385. The van der Waals surface area contributed by atoms with Crippen molar-refractivity contribution in [2.24, 2.45) is 5.73 Å². The lowest BCUT2D eigenvalue weighted by atomic mass is 10.1. The summed E-state index contributed by atoms with van der Waals surface area (Å²) in [5.41, 5.74) is 5.44. The topological polar surface area (TPSA) is 92.9 Å². The Morgan fingerprint density at radius 1 is 1.37 bits per heavy atom. The van der Waals surface area contributed by atoms with E-state index < -0.39 is 5.91 Å². The van der Waals surface area contributed by atoms with Gasteiger partial charge in [0.25, 0.3) is 11.8 Å². The summed E-state index contributed by atoms with van der Waals surface area (Å²) in [7, 11) is 1.63. The number of carbonyl (C=O) groups is 2. The lowest BCUT2D eigenvalue weighted by molar-refractivity contribution is -0.119. The predicted molar refractivity (Wildman–Crippen MR) is 69.8 cm³/mol. The Labute approximate surface area is 111 Å². The molecule has 0 aliphatic rings. The lowest BCUT2D eigenvalue weighted by Gasteiger charge is -2.23. The van der Waals surface area contributed by atoms with Gasteiger partial charge in [-0.3, -0.25) is 9.59 Å². The van der Waals surface area contributed by atoms with E-state index in [1.165, 1.54) is 4.90 Å². The van der Waals surface area contributed by atoms with E-state index in [9.17, 15) is 9.59 Å². The molecule has 0 saturated heterocycles. The Morgan fingerprint density at radius 2 is 1.95 bits per heavy atom. The molecule has 6 nitrogen and oxygen atoms in total. The van der Waals surface area contributed by atoms with E-state index in [0.717, 1.165) is 0 Å². The van der Waals surface area contributed by atoms with Crippen LogP contribution in [0.25, 0.3) is 0 Å². The lowest BCUT2D eigenvalue weighted by Crippen LogP contribution is -2.37. The number of hydrogen-bond acceptors (Lipinski definition) is 4. The molecule has 3 N–H and O–H groups in total. The fourth-order valence-electron chi connectivity index (χ4n) is 1.37. The number of aliphatic hydroxyl groups is 1. The van der Waals surface area contributed by atoms with Gasteiger partial charge in [-0.25, -0.2) is 0 Å². The molecule has 0 saturated carbocycles. The number of rotatable bonds is 6. The number of ether oxygens (including phenoxy) is 1. The molecule has 1 aromatic carbocycles. The Morgan fingerprint density at radius 3 is 2.42 bits per heavy atom. The number of nitrogens with zero attached hydrogens (tertiary/aromatic N) is 1. The third kappa shape index (κ3) is 4.26. The molecule has 0 aliphatic carbocycles. The first kappa shape index (κ1) is 15.0. The summed E-state index contributed by atoms with van der Waals surface area (Å²) in [4.78, 5) is 24.0. The maximum Gasteiger partial charge on any atom is 0.255 e. The van der Waals surface area contributed by atoms with Crippen LogP contribution in [-0.4, -0.2) is 48.1 Å². The molecule has 2 amide bonds. The monoisotopic (exact) mass is 266 g/mol. The highest BCUT2D eigenvalue weighted by molar-refractivity contribution is 5.94. The molecule has 1 atom stereocenters. The van der Waals surface area contributed by atoms with Gasteiger partial charge >= 0.3 is 0 Å². The molecular formula is C13H18N2O4. The Hall–Kier alpha value is -2.08. The molecule has 0 bridgehead atoms. The Balaban J connectivity index is 2.70. The summed E-state index contributed by atoms with van der Waals surface area (Å²) in [6.45, 7) is 1.46. The van der Waals surface area contributed by atoms with Crippen LogP contribution in [0.1, 0.15) is 17.3 Å². The highest BCUT2D eigenvalue weighted by Gasteiger charge is 2.16. The van der Waals surface area contributed by atoms with E-state index >= 15 is 0 Å². The van der Waals surface area contributed by atoms with E-state index in [-0.39, 0.29) is 25.2 Å². The number of nitrogens with two attached hydrogens (primary N) is 1. The van der Waals surface area contributed by atoms with Crippen LogP contribution in [0.3, 0.4) is 0 Å². The van der Waals surface area contributed by atoms with Crippen molar-refractivity contribution >= 4 is 11.8 Å². The van der Waals surface area contributed by atoms with Gasteiger partial charge in [-0.15, -0.1) is 0 Å². The van der Waals surface area contributed by atoms with Crippen molar-refractivity contribution in [2.75, 3.05) is 20.3 Å². The second kappa shape index (κ2) is 6.75. The van der Waals surface area contributed by atoms with Crippen LogP contribution in [0.4, 0.5) is 0 Å². The molecule has 0 spiro atoms. The largest absolute Gasteiger partial charge is 0.484 e. The zero-order valence-corrected chi connectivity index (χ0v) is 11.0. The van der Waals surface area contributed by atoms with Crippen molar-refractivity contribution < 1.29 is 19.4 Å². The van der Waals surface area contributed by atoms with Crippen LogP contribution in [0.2, 0.25) is 0 Å². The van der Waals surface area contributed by atoms with Crippen molar-refractivity contribution in [3.63, 3.8) is 0 Å². The summed E-state index contributed by atoms with van der Waals surface area (Å²) in [6, 6.07) is 6.12. The van der Waals surface area contributed by atoms with E-state index in [4.69, 9.17) is 15.6 Å². The number of likely N-dealkylation sites (N-methyl/N-ethyl adjacent to an activating group) is 1. The predicted octanol–water partition coefficient (Wildman–Crippen LogP) is 0.00350. The smallest absolute Gasteiger partial charge is 0.255 e. The Bertz CT molecular complexity index is 444. The van der Waals surface area contributed by atoms with Crippen LogP contribution in [0.15, 0.2) is 24.3 Å². The SMILES string of the molecule is CC(CO)N(C)C(=O)c1ccc(OCC(N)=O)cc1. The van der Waals surface area contributed by atoms with Gasteiger partial charge in [-0.2, -0.15) is 0 Å². The summed E-state index contributed by atoms with van der Waals surface area (Å²) >= 11 is 0. The minimum atomic E-state index is -0.559. The minimum Gasteiger partial charge on any atom is -0.484 e. The highest BCUT2D eigenvalue weighted by Crippen LogP contribution is 2.14. The number of hydrogen-bond donors (Lipinski definition) is 2. The van der Waals surface area contributed by atoms with Gasteiger partial charge in [-0.1, -0.05) is 0 Å². The molecule has 104 valence electrons. The molecule has 1 rings (SSSR count). The maximum absolute atomic E-state index is 12.0. The normalized spacial score (nSPS) is 11.7. The second-order valence-corrected chi connectivity index (χ2v) is 4.23. The molecule has 6 heteroatoms. The van der Waals surface area contributed by atoms with Crippen LogP contribution in [-0.2, 0) is 4.79 Å². The first-order chi connectivity index (χ1) is 8.95. The first-order valence-corrected chi connectivity index (χ1v) is 5.85. The number of aliphatic hydroxyl groups excluding tert-OH is 1. The maximum atomic E-state index is 12.0. The molecular weight excluding hydrogens is 248 g/mol. The fourth-order valence-corrected chi connectivity index (χ4v) is 1.37. The van der Waals surface area contributed by atoms with Gasteiger partial charge in [0.1, 0.15) is 5.75 Å². The minimum absolute atomic E-state index is 0.0952. The first-order valence-electron chi connectivity index (χ1n) is 5.85. The van der Waals surface area contributed by atoms with Crippen LogP contribution in [0.5, 0.6) is 5.75 Å².